The molecular formula is C21H32O3S. The minimum atomic E-state index is -3.55. The van der Waals surface area contributed by atoms with E-state index in [0.29, 0.717) is 10.8 Å². The summed E-state index contributed by atoms with van der Waals surface area (Å²) >= 11 is 0. The fraction of sp³-hybridized carbons (Fsp3) is 1.00. The van der Waals surface area contributed by atoms with Crippen molar-refractivity contribution >= 4 is 10.1 Å². The highest BCUT2D eigenvalue weighted by molar-refractivity contribution is 7.89. The van der Waals surface area contributed by atoms with Crippen LogP contribution in [0.15, 0.2) is 0 Å². The van der Waals surface area contributed by atoms with E-state index in [1.165, 1.54) is 51.4 Å². The molecule has 0 saturated heterocycles. The summed E-state index contributed by atoms with van der Waals surface area (Å²) in [6.45, 7) is 8.02. The van der Waals surface area contributed by atoms with E-state index in [2.05, 4.69) is 6.92 Å². The van der Waals surface area contributed by atoms with Gasteiger partial charge in [-0.05, 0) is 57.3 Å². The lowest BCUT2D eigenvalue weighted by molar-refractivity contribution is -0.0323. The molecule has 7 rings (SSSR count). The van der Waals surface area contributed by atoms with Crippen molar-refractivity contribution in [3.8, 4) is 0 Å². The highest BCUT2D eigenvalue weighted by Crippen LogP contribution is 3.33. The van der Waals surface area contributed by atoms with Gasteiger partial charge < -0.3 is 0 Å². The molecule has 25 heavy (non-hydrogen) atoms. The third kappa shape index (κ3) is 0.916. The molecule has 7 aliphatic carbocycles. The summed E-state index contributed by atoms with van der Waals surface area (Å²) in [6, 6.07) is 0. The van der Waals surface area contributed by atoms with Crippen LogP contribution in [0.5, 0.6) is 0 Å². The Balaban J connectivity index is 1.57. The molecule has 0 aliphatic heterocycles. The van der Waals surface area contributed by atoms with Crippen LogP contribution < -0.4 is 0 Å². The molecule has 7 aliphatic rings. The van der Waals surface area contributed by atoms with Gasteiger partial charge in [0.05, 0.1) is 5.60 Å². The van der Waals surface area contributed by atoms with Gasteiger partial charge >= 0.3 is 0 Å². The smallest absolute Gasteiger partial charge is 0.264 e. The van der Waals surface area contributed by atoms with Crippen LogP contribution in [0.2, 0.25) is 0 Å². The van der Waals surface area contributed by atoms with Crippen molar-refractivity contribution in [1.29, 1.82) is 0 Å². The first-order valence-electron chi connectivity index (χ1n) is 10.6. The van der Waals surface area contributed by atoms with Crippen LogP contribution in [0.3, 0.4) is 0 Å². The Morgan fingerprint density at radius 2 is 1.12 bits per heavy atom. The minimum absolute atomic E-state index is 0.0196. The lowest BCUT2D eigenvalue weighted by Gasteiger charge is -2.49. The van der Waals surface area contributed by atoms with E-state index >= 15 is 0 Å². The maximum absolute atomic E-state index is 13.7. The van der Waals surface area contributed by atoms with Gasteiger partial charge in [-0.2, -0.15) is 8.42 Å². The van der Waals surface area contributed by atoms with E-state index < -0.39 is 20.5 Å². The summed E-state index contributed by atoms with van der Waals surface area (Å²) in [6.07, 6.45) is 12.5. The van der Waals surface area contributed by atoms with Gasteiger partial charge in [-0.3, -0.25) is 4.18 Å². The van der Waals surface area contributed by atoms with Crippen molar-refractivity contribution in [3.05, 3.63) is 0 Å². The Morgan fingerprint density at radius 1 is 0.720 bits per heavy atom. The van der Waals surface area contributed by atoms with Crippen LogP contribution in [-0.4, -0.2) is 18.8 Å². The second kappa shape index (κ2) is 3.62. The number of rotatable bonds is 2. The molecule has 0 amide bonds. The Labute approximate surface area is 152 Å². The molecule has 0 bridgehead atoms. The van der Waals surface area contributed by atoms with Gasteiger partial charge in [0, 0.05) is 16.2 Å². The normalized spacial score (nSPS) is 60.6. The van der Waals surface area contributed by atoms with Gasteiger partial charge in [0.25, 0.3) is 10.1 Å². The van der Waals surface area contributed by atoms with Crippen LogP contribution in [-0.2, 0) is 14.3 Å². The van der Waals surface area contributed by atoms with Crippen molar-refractivity contribution in [2.75, 3.05) is 0 Å². The van der Waals surface area contributed by atoms with Crippen LogP contribution >= 0.6 is 0 Å². The molecule has 0 N–H and O–H groups in total. The third-order valence-electron chi connectivity index (χ3n) is 10.3. The average molecular weight is 365 g/mol. The van der Waals surface area contributed by atoms with Crippen LogP contribution in [0.1, 0.15) is 91.9 Å². The summed E-state index contributed by atoms with van der Waals surface area (Å²) in [7, 11) is -3.55. The fourth-order valence-corrected chi connectivity index (χ4v) is 14.6. The zero-order chi connectivity index (χ0) is 17.8. The number of hydrogen-bond acceptors (Lipinski definition) is 3. The van der Waals surface area contributed by atoms with Crippen molar-refractivity contribution < 1.29 is 12.6 Å². The molecule has 140 valence electrons. The molecule has 7 saturated carbocycles. The van der Waals surface area contributed by atoms with Gasteiger partial charge in [-0.25, -0.2) is 0 Å². The zero-order valence-electron chi connectivity index (χ0n) is 16.2. The quantitative estimate of drug-likeness (QED) is 0.661. The maximum Gasteiger partial charge on any atom is 0.275 e. The Bertz CT molecular complexity index is 769. The molecule has 0 heterocycles. The van der Waals surface area contributed by atoms with Crippen LogP contribution in [0, 0.1) is 27.1 Å². The van der Waals surface area contributed by atoms with Crippen LogP contribution in [0.25, 0.3) is 0 Å². The third-order valence-corrected chi connectivity index (χ3v) is 12.9. The Kier molecular flexibility index (Phi) is 2.30. The number of hydrogen-bond donors (Lipinski definition) is 0. The predicted molar refractivity (Wildman–Crippen MR) is 96.5 cm³/mol. The largest absolute Gasteiger partial charge is 0.275 e. The molecule has 0 aromatic heterocycles. The monoisotopic (exact) mass is 364 g/mol. The summed E-state index contributed by atoms with van der Waals surface area (Å²) in [5, 5.41) is 0. The first kappa shape index (κ1) is 15.9. The zero-order valence-corrected chi connectivity index (χ0v) is 17.0. The lowest BCUT2D eigenvalue weighted by Crippen LogP contribution is -2.57. The van der Waals surface area contributed by atoms with Crippen molar-refractivity contribution in [1.82, 2.24) is 0 Å². The van der Waals surface area contributed by atoms with E-state index in [1.807, 2.05) is 20.8 Å². The van der Waals surface area contributed by atoms with Gasteiger partial charge in [-0.15, -0.1) is 0 Å². The standard InChI is InChI=1S/C21H32O3S/c1-15(2,3)24-25(22,23)21-16(4)17-11-7-5-9-13-19(17,21)20(21)14-10-6-8-12-18(16,17)20/h5-14H2,1-4H3. The molecular weight excluding hydrogens is 332 g/mol. The minimum Gasteiger partial charge on any atom is -0.264 e. The maximum atomic E-state index is 13.7. The summed E-state index contributed by atoms with van der Waals surface area (Å²) in [5.41, 5.74) is 0.299. The van der Waals surface area contributed by atoms with E-state index in [-0.39, 0.29) is 16.2 Å². The van der Waals surface area contributed by atoms with Gasteiger partial charge in [0.2, 0.25) is 0 Å². The van der Waals surface area contributed by atoms with Crippen molar-refractivity contribution in [2.45, 2.75) is 102 Å². The second-order valence-corrected chi connectivity index (χ2v) is 12.9. The fourth-order valence-electron chi connectivity index (χ4n) is 11.3. The summed E-state index contributed by atoms with van der Waals surface area (Å²) < 4.78 is 32.9. The lowest BCUT2D eigenvalue weighted by atomic mass is 9.53. The Hall–Kier alpha value is -0.0900. The molecule has 4 atom stereocenters. The summed E-state index contributed by atoms with van der Waals surface area (Å²) in [5.74, 6) is 0. The predicted octanol–water partition coefficient (Wildman–Crippen LogP) is 4.80. The van der Waals surface area contributed by atoms with Crippen molar-refractivity contribution in [3.63, 3.8) is 0 Å². The van der Waals surface area contributed by atoms with E-state index in [0.717, 1.165) is 12.8 Å². The SMILES string of the molecule is CC(C)(C)OS(=O)(=O)C12C3(C)C45CCCCCC41C21CCCCCC351. The molecule has 4 unspecified atom stereocenters. The van der Waals surface area contributed by atoms with E-state index in [4.69, 9.17) is 4.18 Å². The van der Waals surface area contributed by atoms with Crippen LogP contribution in [0.4, 0.5) is 0 Å². The first-order chi connectivity index (χ1) is 11.6. The molecule has 0 aromatic rings. The van der Waals surface area contributed by atoms with E-state index in [1.54, 1.807) is 0 Å². The van der Waals surface area contributed by atoms with E-state index in [9.17, 15) is 8.42 Å². The molecule has 0 radical (unpaired) electrons. The van der Waals surface area contributed by atoms with Gasteiger partial charge in [-0.1, -0.05) is 45.4 Å². The molecule has 4 spiro atoms. The van der Waals surface area contributed by atoms with Gasteiger partial charge in [0.15, 0.2) is 0 Å². The highest BCUT2D eigenvalue weighted by atomic mass is 32.2. The average Bonchev–Trinajstić information content (AvgIpc) is 3.14. The van der Waals surface area contributed by atoms with Crippen molar-refractivity contribution in [2.24, 2.45) is 27.1 Å². The molecule has 7 fully saturated rings. The Morgan fingerprint density at radius 3 is 1.52 bits per heavy atom. The molecule has 3 nitrogen and oxygen atoms in total. The molecule has 4 heteroatoms. The summed E-state index contributed by atoms with van der Waals surface area (Å²) in [4.78, 5) is 0. The first-order valence-corrected chi connectivity index (χ1v) is 12.0. The topological polar surface area (TPSA) is 43.4 Å². The highest BCUT2D eigenvalue weighted by Gasteiger charge is 3.36. The second-order valence-electron chi connectivity index (χ2n) is 11.2. The van der Waals surface area contributed by atoms with Gasteiger partial charge in [0.1, 0.15) is 4.75 Å². The molecule has 0 aromatic carbocycles.